The molecule has 0 aromatic rings. The maximum atomic E-state index is 5.65. The fraction of sp³-hybridized carbons (Fsp3) is 0.400. The van der Waals surface area contributed by atoms with Gasteiger partial charge in [0, 0.05) is 12.6 Å². The summed E-state index contributed by atoms with van der Waals surface area (Å²) in [6.45, 7) is 2.68. The average molecular weight is 195 g/mol. The standard InChI is InChI=1S/C5H8Cl2N4/c1-2-8-11-9-4(6)3-5(7)10-11/h3,8-9H,2H2,1H3. The van der Waals surface area contributed by atoms with Crippen molar-refractivity contribution in [3.8, 4) is 0 Å². The highest BCUT2D eigenvalue weighted by Gasteiger charge is 2.07. The van der Waals surface area contributed by atoms with Gasteiger partial charge in [-0.2, -0.15) is 5.43 Å². The first-order valence-corrected chi connectivity index (χ1v) is 3.89. The van der Waals surface area contributed by atoms with Gasteiger partial charge >= 0.3 is 0 Å². The molecular weight excluding hydrogens is 187 g/mol. The minimum atomic E-state index is 0.342. The first-order chi connectivity index (χ1) is 5.22. The van der Waals surface area contributed by atoms with E-state index in [-0.39, 0.29) is 0 Å². The Hall–Kier alpha value is -0.450. The summed E-state index contributed by atoms with van der Waals surface area (Å²) >= 11 is 11.3. The smallest absolute Gasteiger partial charge is 0.155 e. The molecule has 0 aromatic carbocycles. The van der Waals surface area contributed by atoms with Crippen molar-refractivity contribution >= 4 is 28.4 Å². The fourth-order valence-electron chi connectivity index (χ4n) is 0.612. The van der Waals surface area contributed by atoms with Crippen LogP contribution in [0.4, 0.5) is 0 Å². The number of rotatable bonds is 2. The molecule has 0 atom stereocenters. The summed E-state index contributed by atoms with van der Waals surface area (Å²) in [6, 6.07) is 0. The molecule has 0 unspecified atom stereocenters. The van der Waals surface area contributed by atoms with Crippen LogP contribution in [-0.2, 0) is 0 Å². The zero-order chi connectivity index (χ0) is 8.27. The fourth-order valence-corrected chi connectivity index (χ4v) is 1.04. The van der Waals surface area contributed by atoms with Crippen LogP contribution in [0, 0.1) is 0 Å². The lowest BCUT2D eigenvalue weighted by atomic mass is 10.6. The topological polar surface area (TPSA) is 39.7 Å². The number of hydrogen-bond acceptors (Lipinski definition) is 4. The van der Waals surface area contributed by atoms with Gasteiger partial charge in [-0.3, -0.25) is 5.43 Å². The second-order valence-electron chi connectivity index (χ2n) is 1.85. The number of allylic oxidation sites excluding steroid dienone is 1. The van der Waals surface area contributed by atoms with Crippen LogP contribution in [0.5, 0.6) is 0 Å². The van der Waals surface area contributed by atoms with Gasteiger partial charge in [0.1, 0.15) is 5.16 Å². The van der Waals surface area contributed by atoms with E-state index in [1.807, 2.05) is 6.92 Å². The number of nitrogens with one attached hydrogen (secondary N) is 2. The van der Waals surface area contributed by atoms with Gasteiger partial charge in [-0.15, -0.1) is 10.3 Å². The summed E-state index contributed by atoms with van der Waals surface area (Å²) in [6.07, 6.45) is 1.52. The zero-order valence-corrected chi connectivity index (χ0v) is 7.45. The highest BCUT2D eigenvalue weighted by Crippen LogP contribution is 2.05. The van der Waals surface area contributed by atoms with E-state index in [9.17, 15) is 0 Å². The molecule has 0 saturated heterocycles. The maximum Gasteiger partial charge on any atom is 0.155 e. The summed E-state index contributed by atoms with van der Waals surface area (Å²) in [4.78, 5) is 0. The molecule has 1 rings (SSSR count). The zero-order valence-electron chi connectivity index (χ0n) is 5.93. The summed E-state index contributed by atoms with van der Waals surface area (Å²) in [7, 11) is 0. The summed E-state index contributed by atoms with van der Waals surface area (Å²) in [5, 5.41) is 6.00. The molecule has 0 spiro atoms. The number of hydrazone groups is 1. The lowest BCUT2D eigenvalue weighted by molar-refractivity contribution is 0.147. The third-order valence-corrected chi connectivity index (χ3v) is 1.34. The summed E-state index contributed by atoms with van der Waals surface area (Å²) < 4.78 is 0. The van der Waals surface area contributed by atoms with Crippen LogP contribution in [-0.4, -0.2) is 16.9 Å². The molecule has 0 radical (unpaired) electrons. The van der Waals surface area contributed by atoms with Gasteiger partial charge in [0.2, 0.25) is 0 Å². The molecule has 0 fully saturated rings. The van der Waals surface area contributed by atoms with Crippen molar-refractivity contribution in [1.29, 1.82) is 0 Å². The Morgan fingerprint density at radius 1 is 1.73 bits per heavy atom. The van der Waals surface area contributed by atoms with Crippen molar-refractivity contribution in [2.75, 3.05) is 6.54 Å². The lowest BCUT2D eigenvalue weighted by Crippen LogP contribution is -2.44. The van der Waals surface area contributed by atoms with E-state index < -0.39 is 0 Å². The van der Waals surface area contributed by atoms with Gasteiger partial charge in [0.25, 0.3) is 0 Å². The van der Waals surface area contributed by atoms with Crippen LogP contribution in [0.25, 0.3) is 0 Å². The van der Waals surface area contributed by atoms with Crippen molar-refractivity contribution in [3.63, 3.8) is 0 Å². The highest BCUT2D eigenvalue weighted by molar-refractivity contribution is 6.69. The second kappa shape index (κ2) is 3.80. The van der Waals surface area contributed by atoms with E-state index >= 15 is 0 Å². The Bertz CT molecular complexity index is 201. The highest BCUT2D eigenvalue weighted by atomic mass is 35.5. The predicted molar refractivity (Wildman–Crippen MR) is 45.9 cm³/mol. The number of nitrogens with zero attached hydrogens (tertiary/aromatic N) is 2. The van der Waals surface area contributed by atoms with Crippen molar-refractivity contribution in [2.24, 2.45) is 5.10 Å². The van der Waals surface area contributed by atoms with Gasteiger partial charge in [-0.1, -0.05) is 30.1 Å². The third-order valence-electron chi connectivity index (χ3n) is 0.962. The first kappa shape index (κ1) is 8.64. The predicted octanol–water partition coefficient (Wildman–Crippen LogP) is 0.964. The normalized spacial score (nSPS) is 17.2. The number of hydrazine groups is 2. The first-order valence-electron chi connectivity index (χ1n) is 3.14. The minimum absolute atomic E-state index is 0.342. The SMILES string of the molecule is CCNN1N=C(Cl)C=C(Cl)N1. The molecule has 0 aromatic heterocycles. The quantitative estimate of drug-likeness (QED) is 0.644. The van der Waals surface area contributed by atoms with E-state index in [1.165, 1.54) is 11.3 Å². The van der Waals surface area contributed by atoms with Crippen LogP contribution in [0.3, 0.4) is 0 Å². The molecule has 6 heteroatoms. The number of hydrogen-bond donors (Lipinski definition) is 2. The maximum absolute atomic E-state index is 5.65. The Labute approximate surface area is 74.8 Å². The molecule has 2 N–H and O–H groups in total. The van der Waals surface area contributed by atoms with Crippen LogP contribution < -0.4 is 10.9 Å². The molecule has 0 saturated carbocycles. The van der Waals surface area contributed by atoms with E-state index in [0.29, 0.717) is 10.3 Å². The van der Waals surface area contributed by atoms with Crippen molar-refractivity contribution in [1.82, 2.24) is 16.1 Å². The van der Waals surface area contributed by atoms with Crippen LogP contribution in [0.1, 0.15) is 6.92 Å². The van der Waals surface area contributed by atoms with Gasteiger partial charge in [-0.05, 0) is 0 Å². The summed E-state index contributed by atoms with van der Waals surface area (Å²) in [5.74, 6) is 0. The van der Waals surface area contributed by atoms with Gasteiger partial charge in [0.05, 0.1) is 0 Å². The molecule has 0 bridgehead atoms. The van der Waals surface area contributed by atoms with Crippen LogP contribution in [0.2, 0.25) is 0 Å². The Balaban J connectivity index is 2.56. The second-order valence-corrected chi connectivity index (χ2v) is 2.64. The van der Waals surface area contributed by atoms with Crippen molar-refractivity contribution < 1.29 is 0 Å². The molecule has 0 aliphatic carbocycles. The van der Waals surface area contributed by atoms with E-state index in [0.717, 1.165) is 6.54 Å². The third kappa shape index (κ3) is 2.57. The van der Waals surface area contributed by atoms with Crippen molar-refractivity contribution in [3.05, 3.63) is 11.2 Å². The van der Waals surface area contributed by atoms with Crippen LogP contribution >= 0.6 is 23.2 Å². The minimum Gasteiger partial charge on any atom is -0.256 e. The van der Waals surface area contributed by atoms with Gasteiger partial charge < -0.3 is 0 Å². The lowest BCUT2D eigenvalue weighted by Gasteiger charge is -2.22. The van der Waals surface area contributed by atoms with Gasteiger partial charge in [-0.25, -0.2) is 0 Å². The molecule has 1 aliphatic heterocycles. The van der Waals surface area contributed by atoms with E-state index in [2.05, 4.69) is 16.0 Å². The van der Waals surface area contributed by atoms with Gasteiger partial charge in [0.15, 0.2) is 5.17 Å². The van der Waals surface area contributed by atoms with E-state index in [1.54, 1.807) is 0 Å². The Morgan fingerprint density at radius 3 is 3.00 bits per heavy atom. The monoisotopic (exact) mass is 194 g/mol. The molecule has 11 heavy (non-hydrogen) atoms. The Morgan fingerprint density at radius 2 is 2.45 bits per heavy atom. The molecule has 1 aliphatic rings. The van der Waals surface area contributed by atoms with Crippen LogP contribution in [0.15, 0.2) is 16.3 Å². The average Bonchev–Trinajstić information content (AvgIpc) is 1.85. The molecule has 62 valence electrons. The van der Waals surface area contributed by atoms with E-state index in [4.69, 9.17) is 23.2 Å². The van der Waals surface area contributed by atoms with Crippen molar-refractivity contribution in [2.45, 2.75) is 6.92 Å². The number of halogens is 2. The summed E-state index contributed by atoms with van der Waals surface area (Å²) in [5.41, 5.74) is 5.59. The Kier molecular flexibility index (Phi) is 2.99. The molecule has 1 heterocycles. The molecular formula is C5H8Cl2N4. The largest absolute Gasteiger partial charge is 0.256 e. The molecule has 0 amide bonds. The molecule has 4 nitrogen and oxygen atoms in total.